The number of anilines is 1. The molecule has 3 rings (SSSR count). The molecular formula is C23H20N2O5S. The summed E-state index contributed by atoms with van der Waals surface area (Å²) in [6.45, 7) is 0.717. The van der Waals surface area contributed by atoms with E-state index in [-0.39, 0.29) is 16.2 Å². The molecule has 3 aromatic carbocycles. The average Bonchev–Trinajstić information content (AvgIpc) is 2.78. The molecule has 0 heterocycles. The molecule has 0 aromatic heterocycles. The molecule has 31 heavy (non-hydrogen) atoms. The summed E-state index contributed by atoms with van der Waals surface area (Å²) in [7, 11) is -4.28. The molecule has 0 radical (unpaired) electrons. The van der Waals surface area contributed by atoms with Gasteiger partial charge >= 0.3 is 0 Å². The van der Waals surface area contributed by atoms with E-state index in [1.54, 1.807) is 36.4 Å². The number of sulfonamides is 1. The second-order valence-corrected chi connectivity index (χ2v) is 8.54. The lowest BCUT2D eigenvalue weighted by atomic mass is 10.1. The number of ketones is 1. The molecule has 7 nitrogen and oxygen atoms in total. The van der Waals surface area contributed by atoms with Crippen molar-refractivity contribution < 1.29 is 22.8 Å². The molecule has 1 N–H and O–H groups in total. The number of nitrogens with zero attached hydrogens (tertiary/aromatic N) is 1. The molecule has 0 saturated carbocycles. The predicted octanol–water partition coefficient (Wildman–Crippen LogP) is 3.36. The molecule has 158 valence electrons. The molecule has 8 heteroatoms. The van der Waals surface area contributed by atoms with Crippen LogP contribution >= 0.6 is 0 Å². The van der Waals surface area contributed by atoms with Crippen LogP contribution in [0, 0.1) is 0 Å². The molecule has 0 atom stereocenters. The fourth-order valence-corrected chi connectivity index (χ4v) is 4.20. The van der Waals surface area contributed by atoms with Crippen molar-refractivity contribution in [2.24, 2.45) is 0 Å². The number of amides is 2. The lowest BCUT2D eigenvalue weighted by molar-refractivity contribution is -0.116. The van der Waals surface area contributed by atoms with Gasteiger partial charge in [0.1, 0.15) is 6.54 Å². The Labute approximate surface area is 180 Å². The van der Waals surface area contributed by atoms with Gasteiger partial charge in [0.15, 0.2) is 5.78 Å². The van der Waals surface area contributed by atoms with Crippen molar-refractivity contribution >= 4 is 33.3 Å². The number of Topliss-reactive ketones (excluding diaryl/α,β-unsaturated/α-hetero) is 1. The van der Waals surface area contributed by atoms with Crippen LogP contribution in [0.15, 0.2) is 89.8 Å². The zero-order valence-electron chi connectivity index (χ0n) is 16.7. The van der Waals surface area contributed by atoms with E-state index in [0.29, 0.717) is 15.6 Å². The smallest absolute Gasteiger partial charge is 0.268 e. The van der Waals surface area contributed by atoms with Gasteiger partial charge < -0.3 is 5.32 Å². The number of carbonyl (C=O) groups excluding carboxylic acids is 3. The number of rotatable bonds is 7. The summed E-state index contributed by atoms with van der Waals surface area (Å²) < 4.78 is 26.8. The Morgan fingerprint density at radius 3 is 1.87 bits per heavy atom. The van der Waals surface area contributed by atoms with Crippen LogP contribution in [-0.2, 0) is 14.8 Å². The third-order valence-electron chi connectivity index (χ3n) is 4.44. The minimum absolute atomic E-state index is 0.0992. The fraction of sp³-hybridized carbons (Fsp3) is 0.0870. The van der Waals surface area contributed by atoms with Gasteiger partial charge in [0.25, 0.3) is 15.9 Å². The minimum Gasteiger partial charge on any atom is -0.325 e. The van der Waals surface area contributed by atoms with Crippen LogP contribution < -0.4 is 5.32 Å². The van der Waals surface area contributed by atoms with Crippen molar-refractivity contribution in [1.82, 2.24) is 4.31 Å². The zero-order valence-corrected chi connectivity index (χ0v) is 17.5. The highest BCUT2D eigenvalue weighted by Gasteiger charge is 2.32. The molecule has 3 aromatic rings. The summed E-state index contributed by atoms with van der Waals surface area (Å²) in [5.41, 5.74) is 0.991. The van der Waals surface area contributed by atoms with Crippen LogP contribution in [0.4, 0.5) is 5.69 Å². The van der Waals surface area contributed by atoms with Gasteiger partial charge in [-0.2, -0.15) is 0 Å². The Morgan fingerprint density at radius 2 is 1.32 bits per heavy atom. The van der Waals surface area contributed by atoms with E-state index in [2.05, 4.69) is 5.32 Å². The van der Waals surface area contributed by atoms with Crippen LogP contribution in [0.1, 0.15) is 27.6 Å². The predicted molar refractivity (Wildman–Crippen MR) is 116 cm³/mol. The Kier molecular flexibility index (Phi) is 6.61. The maximum absolute atomic E-state index is 13.1. The molecule has 0 bridgehead atoms. The summed E-state index contributed by atoms with van der Waals surface area (Å²) >= 11 is 0. The topological polar surface area (TPSA) is 101 Å². The van der Waals surface area contributed by atoms with Crippen molar-refractivity contribution in [3.8, 4) is 0 Å². The van der Waals surface area contributed by atoms with Crippen molar-refractivity contribution in [2.45, 2.75) is 11.8 Å². The Bertz CT molecular complexity index is 1190. The summed E-state index contributed by atoms with van der Waals surface area (Å²) in [6.07, 6.45) is 0. The van der Waals surface area contributed by atoms with Gasteiger partial charge in [0.2, 0.25) is 5.91 Å². The first-order valence-electron chi connectivity index (χ1n) is 9.37. The van der Waals surface area contributed by atoms with Gasteiger partial charge in [-0.05, 0) is 55.5 Å². The summed E-state index contributed by atoms with van der Waals surface area (Å²) in [5, 5.41) is 2.56. The second kappa shape index (κ2) is 9.36. The largest absolute Gasteiger partial charge is 0.325 e. The quantitative estimate of drug-likeness (QED) is 0.573. The maximum atomic E-state index is 13.1. The van der Waals surface area contributed by atoms with Crippen molar-refractivity contribution in [3.63, 3.8) is 0 Å². The third kappa shape index (κ3) is 5.23. The average molecular weight is 436 g/mol. The first-order valence-corrected chi connectivity index (χ1v) is 10.8. The van der Waals surface area contributed by atoms with Crippen LogP contribution in [0.5, 0.6) is 0 Å². The number of hydrogen-bond donors (Lipinski definition) is 1. The van der Waals surface area contributed by atoms with E-state index >= 15 is 0 Å². The van der Waals surface area contributed by atoms with Crippen LogP contribution in [0.25, 0.3) is 0 Å². The van der Waals surface area contributed by atoms with Gasteiger partial charge in [0.05, 0.1) is 4.90 Å². The molecule has 0 aliphatic heterocycles. The monoisotopic (exact) mass is 436 g/mol. The molecule has 0 fully saturated rings. The second-order valence-electron chi connectivity index (χ2n) is 6.68. The van der Waals surface area contributed by atoms with E-state index in [4.69, 9.17) is 0 Å². The molecule has 0 saturated heterocycles. The number of benzene rings is 3. The molecule has 2 amide bonds. The molecular weight excluding hydrogens is 416 g/mol. The summed E-state index contributed by atoms with van der Waals surface area (Å²) in [5.74, 6) is -1.63. The molecule has 0 aliphatic carbocycles. The highest BCUT2D eigenvalue weighted by atomic mass is 32.2. The van der Waals surface area contributed by atoms with E-state index in [1.165, 1.54) is 55.5 Å². The zero-order chi connectivity index (χ0) is 22.4. The lowest BCUT2D eigenvalue weighted by Gasteiger charge is -2.22. The lowest BCUT2D eigenvalue weighted by Crippen LogP contribution is -2.42. The van der Waals surface area contributed by atoms with Crippen LogP contribution in [0.2, 0.25) is 0 Å². The van der Waals surface area contributed by atoms with Gasteiger partial charge in [-0.25, -0.2) is 12.7 Å². The molecule has 0 spiro atoms. The van der Waals surface area contributed by atoms with Crippen LogP contribution in [-0.4, -0.2) is 36.9 Å². The first kappa shape index (κ1) is 21.9. The number of nitrogens with one attached hydrogen (secondary N) is 1. The number of hydrogen-bond acceptors (Lipinski definition) is 5. The SMILES string of the molecule is CC(=O)c1ccc(NC(=O)CN(C(=O)c2ccccc2)S(=O)(=O)c2ccccc2)cc1. The van der Waals surface area contributed by atoms with Crippen molar-refractivity contribution in [1.29, 1.82) is 0 Å². The minimum atomic E-state index is -4.28. The summed E-state index contributed by atoms with van der Waals surface area (Å²) in [6, 6.07) is 21.5. The highest BCUT2D eigenvalue weighted by molar-refractivity contribution is 7.89. The molecule has 0 aliphatic rings. The third-order valence-corrected chi connectivity index (χ3v) is 6.18. The van der Waals surface area contributed by atoms with Gasteiger partial charge in [-0.3, -0.25) is 14.4 Å². The fourth-order valence-electron chi connectivity index (χ4n) is 2.83. The Balaban J connectivity index is 1.88. The Morgan fingerprint density at radius 1 is 0.774 bits per heavy atom. The van der Waals surface area contributed by atoms with E-state index in [9.17, 15) is 22.8 Å². The van der Waals surface area contributed by atoms with E-state index in [1.807, 2.05) is 0 Å². The van der Waals surface area contributed by atoms with Crippen LogP contribution in [0.3, 0.4) is 0 Å². The normalized spacial score (nSPS) is 10.9. The summed E-state index contributed by atoms with van der Waals surface area (Å²) in [4.78, 5) is 36.9. The van der Waals surface area contributed by atoms with Crippen molar-refractivity contribution in [2.75, 3.05) is 11.9 Å². The maximum Gasteiger partial charge on any atom is 0.268 e. The Hall–Kier alpha value is -3.78. The molecule has 0 unspecified atom stereocenters. The van der Waals surface area contributed by atoms with Gasteiger partial charge in [0, 0.05) is 16.8 Å². The first-order chi connectivity index (χ1) is 14.8. The highest BCUT2D eigenvalue weighted by Crippen LogP contribution is 2.19. The van der Waals surface area contributed by atoms with E-state index in [0.717, 1.165) is 0 Å². The van der Waals surface area contributed by atoms with Crippen molar-refractivity contribution in [3.05, 3.63) is 96.1 Å². The standard InChI is InChI=1S/C23H20N2O5S/c1-17(26)18-12-14-20(15-13-18)24-22(27)16-25(23(28)19-8-4-2-5-9-19)31(29,30)21-10-6-3-7-11-21/h2-15H,16H2,1H3,(H,24,27). The van der Waals surface area contributed by atoms with Gasteiger partial charge in [-0.15, -0.1) is 0 Å². The number of carbonyl (C=O) groups is 3. The van der Waals surface area contributed by atoms with Gasteiger partial charge in [-0.1, -0.05) is 36.4 Å². The van der Waals surface area contributed by atoms with E-state index < -0.39 is 28.4 Å².